The fraction of sp³-hybridized carbons (Fsp3) is 0.300. The smallest absolute Gasteiger partial charge is 0.258 e. The van der Waals surface area contributed by atoms with Crippen LogP contribution in [-0.2, 0) is 0 Å². The van der Waals surface area contributed by atoms with Crippen LogP contribution in [0.3, 0.4) is 0 Å². The van der Waals surface area contributed by atoms with Crippen LogP contribution in [-0.4, -0.2) is 54.3 Å². The molecule has 0 spiro atoms. The molecule has 0 unspecified atom stereocenters. The molecule has 1 saturated heterocycles. The number of fused-ring (bicyclic) bond motifs is 1. The van der Waals surface area contributed by atoms with Crippen molar-refractivity contribution >= 4 is 5.65 Å². The summed E-state index contributed by atoms with van der Waals surface area (Å²) in [6, 6.07) is 9.55. The van der Waals surface area contributed by atoms with Crippen molar-refractivity contribution in [1.29, 1.82) is 0 Å². The second-order valence-corrected chi connectivity index (χ2v) is 6.56. The van der Waals surface area contributed by atoms with Crippen LogP contribution in [0.25, 0.3) is 16.9 Å². The SMILES string of the molecule is COc1ccc(-c2cc(=O)n3cc(F)ccc3n2)cc1OCN1CCNCC1. The van der Waals surface area contributed by atoms with Gasteiger partial charge in [0.2, 0.25) is 0 Å². The van der Waals surface area contributed by atoms with Gasteiger partial charge < -0.3 is 14.8 Å². The van der Waals surface area contributed by atoms with E-state index < -0.39 is 5.82 Å². The molecular formula is C20H21FN4O3. The summed E-state index contributed by atoms with van der Waals surface area (Å²) in [5.41, 5.74) is 1.24. The van der Waals surface area contributed by atoms with Crippen LogP contribution in [0.5, 0.6) is 11.5 Å². The molecule has 1 aliphatic heterocycles. The molecule has 3 aromatic rings. The number of pyridine rings is 1. The molecule has 1 N–H and O–H groups in total. The number of methoxy groups -OCH3 is 1. The van der Waals surface area contributed by atoms with Gasteiger partial charge in [-0.3, -0.25) is 14.1 Å². The minimum atomic E-state index is -0.489. The molecule has 4 rings (SSSR count). The Morgan fingerprint density at radius 1 is 1.14 bits per heavy atom. The van der Waals surface area contributed by atoms with E-state index in [0.29, 0.717) is 29.6 Å². The van der Waals surface area contributed by atoms with Crippen LogP contribution in [0.15, 0.2) is 47.4 Å². The summed E-state index contributed by atoms with van der Waals surface area (Å²) in [6.45, 7) is 4.16. The Morgan fingerprint density at radius 3 is 2.75 bits per heavy atom. The van der Waals surface area contributed by atoms with Crippen LogP contribution in [0.4, 0.5) is 4.39 Å². The van der Waals surface area contributed by atoms with E-state index in [-0.39, 0.29) is 5.56 Å². The molecular weight excluding hydrogens is 363 g/mol. The molecule has 0 bridgehead atoms. The van der Waals surface area contributed by atoms with Crippen LogP contribution >= 0.6 is 0 Å². The minimum absolute atomic E-state index is 0.349. The number of halogens is 1. The topological polar surface area (TPSA) is 68.1 Å². The molecule has 2 aromatic heterocycles. The largest absolute Gasteiger partial charge is 0.493 e. The van der Waals surface area contributed by atoms with E-state index in [4.69, 9.17) is 9.47 Å². The third kappa shape index (κ3) is 3.83. The monoisotopic (exact) mass is 384 g/mol. The molecule has 0 saturated carbocycles. The van der Waals surface area contributed by atoms with Crippen LogP contribution in [0, 0.1) is 5.82 Å². The lowest BCUT2D eigenvalue weighted by molar-refractivity contribution is 0.110. The molecule has 7 nitrogen and oxygen atoms in total. The molecule has 1 aliphatic rings. The molecule has 3 heterocycles. The second-order valence-electron chi connectivity index (χ2n) is 6.56. The summed E-state index contributed by atoms with van der Waals surface area (Å²) < 4.78 is 25.9. The first kappa shape index (κ1) is 18.4. The summed E-state index contributed by atoms with van der Waals surface area (Å²) >= 11 is 0. The first-order valence-electron chi connectivity index (χ1n) is 9.07. The number of ether oxygens (including phenoxy) is 2. The van der Waals surface area contributed by atoms with Crippen molar-refractivity contribution in [1.82, 2.24) is 19.6 Å². The molecule has 0 radical (unpaired) electrons. The maximum Gasteiger partial charge on any atom is 0.258 e. The molecule has 1 fully saturated rings. The number of benzene rings is 1. The number of piperazine rings is 1. The third-order valence-electron chi connectivity index (χ3n) is 4.70. The highest BCUT2D eigenvalue weighted by Crippen LogP contribution is 2.32. The van der Waals surface area contributed by atoms with E-state index in [1.807, 2.05) is 12.1 Å². The van der Waals surface area contributed by atoms with Crippen molar-refractivity contribution in [3.05, 3.63) is 58.8 Å². The Hall–Kier alpha value is -2.97. The second kappa shape index (κ2) is 7.95. The van der Waals surface area contributed by atoms with Gasteiger partial charge in [0.05, 0.1) is 12.8 Å². The Bertz CT molecular complexity index is 1050. The lowest BCUT2D eigenvalue weighted by atomic mass is 10.1. The zero-order valence-electron chi connectivity index (χ0n) is 15.5. The van der Waals surface area contributed by atoms with Crippen LogP contribution in [0.2, 0.25) is 0 Å². The molecule has 0 atom stereocenters. The number of nitrogens with one attached hydrogen (secondary N) is 1. The van der Waals surface area contributed by atoms with Crippen molar-refractivity contribution in [2.75, 3.05) is 40.0 Å². The lowest BCUT2D eigenvalue weighted by Crippen LogP contribution is -2.44. The minimum Gasteiger partial charge on any atom is -0.493 e. The lowest BCUT2D eigenvalue weighted by Gasteiger charge is -2.27. The van der Waals surface area contributed by atoms with Crippen molar-refractivity contribution in [3.8, 4) is 22.8 Å². The van der Waals surface area contributed by atoms with Gasteiger partial charge in [0.1, 0.15) is 18.2 Å². The van der Waals surface area contributed by atoms with Gasteiger partial charge in [0.15, 0.2) is 11.5 Å². The highest BCUT2D eigenvalue weighted by Gasteiger charge is 2.14. The van der Waals surface area contributed by atoms with Crippen molar-refractivity contribution in [2.24, 2.45) is 0 Å². The quantitative estimate of drug-likeness (QED) is 0.723. The highest BCUT2D eigenvalue weighted by molar-refractivity contribution is 5.65. The van der Waals surface area contributed by atoms with E-state index in [1.54, 1.807) is 13.2 Å². The van der Waals surface area contributed by atoms with E-state index >= 15 is 0 Å². The Kier molecular flexibility index (Phi) is 5.23. The Labute approximate surface area is 161 Å². The Morgan fingerprint density at radius 2 is 1.96 bits per heavy atom. The van der Waals surface area contributed by atoms with E-state index in [0.717, 1.165) is 37.9 Å². The highest BCUT2D eigenvalue weighted by atomic mass is 19.1. The van der Waals surface area contributed by atoms with E-state index in [2.05, 4.69) is 15.2 Å². The Balaban J connectivity index is 1.65. The number of rotatable bonds is 5. The number of nitrogens with zero attached hydrogens (tertiary/aromatic N) is 3. The van der Waals surface area contributed by atoms with Crippen LogP contribution < -0.4 is 20.3 Å². The van der Waals surface area contributed by atoms with Crippen molar-refractivity contribution in [3.63, 3.8) is 0 Å². The van der Waals surface area contributed by atoms with Crippen molar-refractivity contribution < 1.29 is 13.9 Å². The van der Waals surface area contributed by atoms with Gasteiger partial charge >= 0.3 is 0 Å². The first-order valence-corrected chi connectivity index (χ1v) is 9.07. The first-order chi connectivity index (χ1) is 13.6. The normalized spacial score (nSPS) is 14.9. The summed E-state index contributed by atoms with van der Waals surface area (Å²) in [5, 5.41) is 3.30. The average molecular weight is 384 g/mol. The molecule has 0 aliphatic carbocycles. The maximum atomic E-state index is 13.4. The molecule has 28 heavy (non-hydrogen) atoms. The summed E-state index contributed by atoms with van der Waals surface area (Å²) in [5.74, 6) is 0.704. The van der Waals surface area contributed by atoms with E-state index in [9.17, 15) is 9.18 Å². The zero-order chi connectivity index (χ0) is 19.5. The van der Waals surface area contributed by atoms with Gasteiger partial charge in [-0.1, -0.05) is 0 Å². The predicted octanol–water partition coefficient (Wildman–Crippen LogP) is 1.75. The summed E-state index contributed by atoms with van der Waals surface area (Å²) in [4.78, 5) is 19.0. The summed E-state index contributed by atoms with van der Waals surface area (Å²) in [7, 11) is 1.59. The van der Waals surface area contributed by atoms with Gasteiger partial charge in [0, 0.05) is 44.0 Å². The fourth-order valence-electron chi connectivity index (χ4n) is 3.17. The molecule has 8 heteroatoms. The predicted molar refractivity (Wildman–Crippen MR) is 103 cm³/mol. The number of hydrogen-bond acceptors (Lipinski definition) is 6. The molecule has 146 valence electrons. The van der Waals surface area contributed by atoms with Gasteiger partial charge in [-0.05, 0) is 30.3 Å². The molecule has 0 amide bonds. The zero-order valence-corrected chi connectivity index (χ0v) is 15.5. The summed E-state index contributed by atoms with van der Waals surface area (Å²) in [6.07, 6.45) is 1.13. The van der Waals surface area contributed by atoms with Gasteiger partial charge in [-0.2, -0.15) is 0 Å². The standard InChI is InChI=1S/C20H21FN4O3/c1-27-17-4-2-14(10-18(17)28-13-24-8-6-22-7-9-24)16-11-20(26)25-12-15(21)3-5-19(25)23-16/h2-5,10-12,22H,6-9,13H2,1H3. The van der Waals surface area contributed by atoms with Gasteiger partial charge in [0.25, 0.3) is 5.56 Å². The van der Waals surface area contributed by atoms with Crippen molar-refractivity contribution in [2.45, 2.75) is 0 Å². The fourth-order valence-corrected chi connectivity index (χ4v) is 3.17. The average Bonchev–Trinajstić information content (AvgIpc) is 2.73. The molecule has 1 aromatic carbocycles. The third-order valence-corrected chi connectivity index (χ3v) is 4.70. The van der Waals surface area contributed by atoms with E-state index in [1.165, 1.54) is 22.6 Å². The number of aromatic nitrogens is 2. The number of hydrogen-bond donors (Lipinski definition) is 1. The van der Waals surface area contributed by atoms with Gasteiger partial charge in [-0.15, -0.1) is 0 Å². The van der Waals surface area contributed by atoms with Crippen LogP contribution in [0.1, 0.15) is 0 Å². The maximum absolute atomic E-state index is 13.4. The van der Waals surface area contributed by atoms with Gasteiger partial charge in [-0.25, -0.2) is 9.37 Å².